The fourth-order valence-electron chi connectivity index (χ4n) is 0.884. The van der Waals surface area contributed by atoms with Gasteiger partial charge in [-0.25, -0.2) is 4.98 Å². The summed E-state index contributed by atoms with van der Waals surface area (Å²) in [6, 6.07) is 3.68. The molecule has 4 heteroatoms. The molecule has 3 nitrogen and oxygen atoms in total. The number of nitrogens with zero attached hydrogens (tertiary/aromatic N) is 1. The Morgan fingerprint density at radius 3 is 3.15 bits per heavy atom. The van der Waals surface area contributed by atoms with Gasteiger partial charge in [0.2, 0.25) is 0 Å². The Labute approximate surface area is 82.7 Å². The number of methoxy groups -OCH3 is 1. The van der Waals surface area contributed by atoms with Gasteiger partial charge in [0.15, 0.2) is 0 Å². The van der Waals surface area contributed by atoms with E-state index in [2.05, 4.69) is 4.98 Å². The molecule has 0 atom stereocenters. The molecule has 0 amide bonds. The van der Waals surface area contributed by atoms with Crippen LogP contribution in [0.15, 0.2) is 23.4 Å². The predicted octanol–water partition coefficient (Wildman–Crippen LogP) is 1.79. The van der Waals surface area contributed by atoms with E-state index in [0.717, 1.165) is 29.5 Å². The van der Waals surface area contributed by atoms with E-state index < -0.39 is 0 Å². The van der Waals surface area contributed by atoms with Gasteiger partial charge in [-0.3, -0.25) is 0 Å². The van der Waals surface area contributed by atoms with Gasteiger partial charge < -0.3 is 10.5 Å². The molecule has 0 aliphatic rings. The number of rotatable bonds is 5. The lowest BCUT2D eigenvalue weighted by Crippen LogP contribution is -1.92. The lowest BCUT2D eigenvalue weighted by Gasteiger charge is -2.00. The summed E-state index contributed by atoms with van der Waals surface area (Å²) in [7, 11) is 1.71. The quantitative estimate of drug-likeness (QED) is 0.579. The molecule has 1 aromatic rings. The minimum absolute atomic E-state index is 0.768. The van der Waals surface area contributed by atoms with E-state index in [1.165, 1.54) is 0 Å². The van der Waals surface area contributed by atoms with E-state index >= 15 is 0 Å². The van der Waals surface area contributed by atoms with Crippen molar-refractivity contribution in [3.63, 3.8) is 0 Å². The molecule has 72 valence electrons. The third kappa shape index (κ3) is 4.15. The van der Waals surface area contributed by atoms with Crippen LogP contribution in [0.4, 0.5) is 5.69 Å². The highest BCUT2D eigenvalue weighted by molar-refractivity contribution is 7.99. The molecule has 0 unspecified atom stereocenters. The molecule has 0 fully saturated rings. The van der Waals surface area contributed by atoms with Crippen molar-refractivity contribution in [1.82, 2.24) is 4.98 Å². The van der Waals surface area contributed by atoms with Gasteiger partial charge in [0.25, 0.3) is 0 Å². The van der Waals surface area contributed by atoms with Crippen LogP contribution in [0.1, 0.15) is 6.42 Å². The van der Waals surface area contributed by atoms with Crippen LogP contribution in [0, 0.1) is 0 Å². The molecule has 0 radical (unpaired) electrons. The van der Waals surface area contributed by atoms with Crippen LogP contribution in [-0.2, 0) is 4.74 Å². The molecule has 0 saturated heterocycles. The summed E-state index contributed by atoms with van der Waals surface area (Å²) in [5.41, 5.74) is 6.38. The highest BCUT2D eigenvalue weighted by Gasteiger charge is 1.95. The fraction of sp³-hybridized carbons (Fsp3) is 0.444. The smallest absolute Gasteiger partial charge is 0.0980 e. The molecule has 1 heterocycles. The Hall–Kier alpha value is -0.740. The molecule has 0 spiro atoms. The molecule has 1 aromatic heterocycles. The second-order valence-electron chi connectivity index (χ2n) is 2.62. The number of hydrogen-bond acceptors (Lipinski definition) is 4. The lowest BCUT2D eigenvalue weighted by atomic mass is 10.4. The number of nitrogen functional groups attached to an aromatic ring is 1. The van der Waals surface area contributed by atoms with Crippen molar-refractivity contribution in [3.05, 3.63) is 18.3 Å². The summed E-state index contributed by atoms with van der Waals surface area (Å²) in [6.07, 6.45) is 2.77. The van der Waals surface area contributed by atoms with Crippen LogP contribution < -0.4 is 5.73 Å². The number of nitrogens with two attached hydrogens (primary N) is 1. The predicted molar refractivity (Wildman–Crippen MR) is 55.9 cm³/mol. The molecular weight excluding hydrogens is 184 g/mol. The summed E-state index contributed by atoms with van der Waals surface area (Å²) < 4.78 is 4.95. The Balaban J connectivity index is 2.28. The monoisotopic (exact) mass is 198 g/mol. The topological polar surface area (TPSA) is 48.1 Å². The van der Waals surface area contributed by atoms with Crippen LogP contribution in [-0.4, -0.2) is 24.5 Å². The third-order valence-electron chi connectivity index (χ3n) is 1.50. The van der Waals surface area contributed by atoms with E-state index in [4.69, 9.17) is 10.5 Å². The maximum absolute atomic E-state index is 5.61. The first-order valence-corrected chi connectivity index (χ1v) is 5.15. The Morgan fingerprint density at radius 1 is 1.62 bits per heavy atom. The zero-order valence-corrected chi connectivity index (χ0v) is 8.51. The number of thioether (sulfide) groups is 1. The molecular formula is C9H14N2OS. The minimum atomic E-state index is 0.768. The molecule has 2 N–H and O–H groups in total. The Bertz CT molecular complexity index is 255. The van der Waals surface area contributed by atoms with Crippen molar-refractivity contribution in [3.8, 4) is 0 Å². The largest absolute Gasteiger partial charge is 0.399 e. The average Bonchev–Trinajstić information content (AvgIpc) is 2.13. The van der Waals surface area contributed by atoms with Crippen molar-refractivity contribution in [2.45, 2.75) is 11.4 Å². The zero-order valence-electron chi connectivity index (χ0n) is 7.69. The van der Waals surface area contributed by atoms with E-state index in [1.807, 2.05) is 6.07 Å². The van der Waals surface area contributed by atoms with Gasteiger partial charge in [0.1, 0.15) is 0 Å². The van der Waals surface area contributed by atoms with E-state index in [0.29, 0.717) is 0 Å². The lowest BCUT2D eigenvalue weighted by molar-refractivity contribution is 0.200. The van der Waals surface area contributed by atoms with E-state index in [1.54, 1.807) is 31.1 Å². The van der Waals surface area contributed by atoms with Crippen LogP contribution in [0.5, 0.6) is 0 Å². The fourth-order valence-corrected chi connectivity index (χ4v) is 1.71. The number of aromatic nitrogens is 1. The first-order chi connectivity index (χ1) is 6.33. The van der Waals surface area contributed by atoms with Crippen molar-refractivity contribution in [2.75, 3.05) is 25.2 Å². The van der Waals surface area contributed by atoms with E-state index in [9.17, 15) is 0 Å². The number of ether oxygens (including phenoxy) is 1. The molecule has 13 heavy (non-hydrogen) atoms. The second-order valence-corrected chi connectivity index (χ2v) is 3.74. The number of anilines is 1. The SMILES string of the molecule is COCCCSc1cc(N)ccn1. The first-order valence-electron chi connectivity index (χ1n) is 4.16. The summed E-state index contributed by atoms with van der Waals surface area (Å²) in [4.78, 5) is 4.18. The number of hydrogen-bond donors (Lipinski definition) is 1. The molecule has 0 aliphatic heterocycles. The molecule has 1 rings (SSSR count). The second kappa shape index (κ2) is 5.83. The summed E-state index contributed by atoms with van der Waals surface area (Å²) in [5, 5.41) is 0.983. The zero-order chi connectivity index (χ0) is 9.52. The normalized spacial score (nSPS) is 10.2. The maximum atomic E-state index is 5.61. The Kier molecular flexibility index (Phi) is 4.64. The molecule has 0 saturated carbocycles. The van der Waals surface area contributed by atoms with E-state index in [-0.39, 0.29) is 0 Å². The summed E-state index contributed by atoms with van der Waals surface area (Å²) in [5.74, 6) is 1.02. The average molecular weight is 198 g/mol. The Morgan fingerprint density at radius 2 is 2.46 bits per heavy atom. The maximum Gasteiger partial charge on any atom is 0.0980 e. The molecule has 0 bridgehead atoms. The summed E-state index contributed by atoms with van der Waals surface area (Å²) in [6.45, 7) is 0.801. The third-order valence-corrected chi connectivity index (χ3v) is 2.51. The first kappa shape index (κ1) is 10.3. The van der Waals surface area contributed by atoms with Gasteiger partial charge in [-0.1, -0.05) is 0 Å². The van der Waals surface area contributed by atoms with Crippen molar-refractivity contribution < 1.29 is 4.74 Å². The van der Waals surface area contributed by atoms with Gasteiger partial charge in [0, 0.05) is 31.4 Å². The number of pyridine rings is 1. The molecule has 0 aromatic carbocycles. The van der Waals surface area contributed by atoms with Gasteiger partial charge >= 0.3 is 0 Å². The van der Waals surface area contributed by atoms with Crippen molar-refractivity contribution >= 4 is 17.4 Å². The van der Waals surface area contributed by atoms with Gasteiger partial charge in [-0.2, -0.15) is 0 Å². The van der Waals surface area contributed by atoms with Crippen LogP contribution >= 0.6 is 11.8 Å². The van der Waals surface area contributed by atoms with Crippen LogP contribution in [0.3, 0.4) is 0 Å². The minimum Gasteiger partial charge on any atom is -0.399 e. The highest BCUT2D eigenvalue weighted by atomic mass is 32.2. The van der Waals surface area contributed by atoms with Gasteiger partial charge in [-0.05, 0) is 18.6 Å². The standard InChI is InChI=1S/C9H14N2OS/c1-12-5-2-6-13-9-7-8(10)3-4-11-9/h3-4,7H,2,5-6H2,1H3,(H2,10,11). The van der Waals surface area contributed by atoms with Crippen LogP contribution in [0.25, 0.3) is 0 Å². The molecule has 0 aliphatic carbocycles. The van der Waals surface area contributed by atoms with Crippen molar-refractivity contribution in [1.29, 1.82) is 0 Å². The summed E-state index contributed by atoms with van der Waals surface area (Å²) >= 11 is 1.70. The van der Waals surface area contributed by atoms with Crippen molar-refractivity contribution in [2.24, 2.45) is 0 Å². The van der Waals surface area contributed by atoms with Gasteiger partial charge in [-0.15, -0.1) is 11.8 Å². The van der Waals surface area contributed by atoms with Gasteiger partial charge in [0.05, 0.1) is 5.03 Å². The highest BCUT2D eigenvalue weighted by Crippen LogP contribution is 2.17. The van der Waals surface area contributed by atoms with Crippen LogP contribution in [0.2, 0.25) is 0 Å².